The summed E-state index contributed by atoms with van der Waals surface area (Å²) in [6.07, 6.45) is 10.4. The number of ether oxygens (including phenoxy) is 1. The Balaban J connectivity index is 1.39. The van der Waals surface area contributed by atoms with Gasteiger partial charge in [0.1, 0.15) is 0 Å². The molecule has 6 atom stereocenters. The third-order valence-electron chi connectivity index (χ3n) is 7.68. The minimum atomic E-state index is -0.791. The van der Waals surface area contributed by atoms with Gasteiger partial charge in [0.05, 0.1) is 24.2 Å². The third kappa shape index (κ3) is 4.51. The van der Waals surface area contributed by atoms with E-state index in [0.717, 1.165) is 13.1 Å². The first-order valence-electron chi connectivity index (χ1n) is 11.4. The highest BCUT2D eigenvalue weighted by molar-refractivity contribution is 5.80. The molecule has 1 saturated heterocycles. The summed E-state index contributed by atoms with van der Waals surface area (Å²) in [5.74, 6) is 1.43. The van der Waals surface area contributed by atoms with Crippen molar-refractivity contribution in [2.45, 2.75) is 88.9 Å². The number of aliphatic hydroxyl groups is 2. The lowest BCUT2D eigenvalue weighted by Crippen LogP contribution is -2.52. The van der Waals surface area contributed by atoms with Crippen molar-refractivity contribution < 1.29 is 19.7 Å². The maximum absolute atomic E-state index is 13.3. The molecule has 1 aliphatic heterocycles. The molecule has 2 N–H and O–H groups in total. The van der Waals surface area contributed by atoms with Crippen molar-refractivity contribution >= 4 is 5.91 Å². The van der Waals surface area contributed by atoms with E-state index >= 15 is 0 Å². The Morgan fingerprint density at radius 2 is 1.52 bits per heavy atom. The molecule has 3 saturated carbocycles. The Morgan fingerprint density at radius 1 is 0.889 bits per heavy atom. The Hall–Kier alpha value is -0.650. The first-order valence-corrected chi connectivity index (χ1v) is 11.4. The number of carbonyl (C=O) groups excluding carboxylic acids is 1. The number of rotatable bonds is 4. The third-order valence-corrected chi connectivity index (χ3v) is 7.68. The highest BCUT2D eigenvalue weighted by Gasteiger charge is 2.46. The maximum atomic E-state index is 13.3. The van der Waals surface area contributed by atoms with Gasteiger partial charge in [-0.15, -0.1) is 0 Å². The Morgan fingerprint density at radius 3 is 2.19 bits per heavy atom. The predicted octanol–water partition coefficient (Wildman–Crippen LogP) is 2.73. The van der Waals surface area contributed by atoms with Crippen LogP contribution in [-0.2, 0) is 9.53 Å². The quantitative estimate of drug-likeness (QED) is 0.788. The van der Waals surface area contributed by atoms with Crippen molar-refractivity contribution in [1.82, 2.24) is 4.90 Å². The standard InChI is InChI=1S/C22H37NO4/c24-18-10-19(25)21(20(11-18)27-14-15-6-2-1-3-7-15)22(26)23-12-16-8-4-5-9-17(16)13-23/h15-21,24-25H,1-14H2. The largest absolute Gasteiger partial charge is 0.393 e. The molecular weight excluding hydrogens is 342 g/mol. The fourth-order valence-corrected chi connectivity index (χ4v) is 6.09. The van der Waals surface area contributed by atoms with Gasteiger partial charge in [-0.1, -0.05) is 32.1 Å². The van der Waals surface area contributed by atoms with Crippen LogP contribution in [0.3, 0.4) is 0 Å². The van der Waals surface area contributed by atoms with Crippen molar-refractivity contribution in [3.05, 3.63) is 0 Å². The summed E-state index contributed by atoms with van der Waals surface area (Å²) in [5, 5.41) is 20.8. The van der Waals surface area contributed by atoms with Crippen molar-refractivity contribution in [3.63, 3.8) is 0 Å². The van der Waals surface area contributed by atoms with E-state index in [0.29, 0.717) is 37.2 Å². The molecule has 0 bridgehead atoms. The second-order valence-corrected chi connectivity index (χ2v) is 9.64. The average Bonchev–Trinajstić information content (AvgIpc) is 3.10. The zero-order chi connectivity index (χ0) is 18.8. The van der Waals surface area contributed by atoms with Gasteiger partial charge >= 0.3 is 0 Å². The summed E-state index contributed by atoms with van der Waals surface area (Å²) in [5.41, 5.74) is 0. The van der Waals surface area contributed by atoms with Crippen LogP contribution in [0.4, 0.5) is 0 Å². The molecule has 4 fully saturated rings. The number of hydrogen-bond acceptors (Lipinski definition) is 4. The molecule has 27 heavy (non-hydrogen) atoms. The molecule has 0 radical (unpaired) electrons. The van der Waals surface area contributed by atoms with Gasteiger partial charge in [0.15, 0.2) is 0 Å². The lowest BCUT2D eigenvalue weighted by molar-refractivity contribution is -0.158. The summed E-state index contributed by atoms with van der Waals surface area (Å²) in [6, 6.07) is 0. The van der Waals surface area contributed by atoms with E-state index in [1.807, 2.05) is 4.90 Å². The van der Waals surface area contributed by atoms with Crippen molar-refractivity contribution in [2.24, 2.45) is 23.7 Å². The molecule has 6 unspecified atom stereocenters. The molecule has 1 heterocycles. The number of carbonyl (C=O) groups is 1. The normalized spacial score (nSPS) is 40.7. The minimum absolute atomic E-state index is 0.0671. The Bertz CT molecular complexity index is 493. The van der Waals surface area contributed by atoms with Gasteiger partial charge in [-0.2, -0.15) is 0 Å². The lowest BCUT2D eigenvalue weighted by atomic mass is 9.81. The molecule has 0 spiro atoms. The zero-order valence-corrected chi connectivity index (χ0v) is 16.6. The van der Waals surface area contributed by atoms with Crippen LogP contribution < -0.4 is 0 Å². The van der Waals surface area contributed by atoms with Gasteiger partial charge in [0.2, 0.25) is 5.91 Å². The predicted molar refractivity (Wildman–Crippen MR) is 103 cm³/mol. The Labute approximate surface area is 163 Å². The van der Waals surface area contributed by atoms with Crippen LogP contribution in [0.15, 0.2) is 0 Å². The Kier molecular flexibility index (Phi) is 6.40. The zero-order valence-electron chi connectivity index (χ0n) is 16.6. The smallest absolute Gasteiger partial charge is 0.230 e. The van der Waals surface area contributed by atoms with Crippen molar-refractivity contribution in [3.8, 4) is 0 Å². The summed E-state index contributed by atoms with van der Waals surface area (Å²) >= 11 is 0. The van der Waals surface area contributed by atoms with Crippen LogP contribution in [-0.4, -0.2) is 59.0 Å². The van der Waals surface area contributed by atoms with Gasteiger partial charge in [0, 0.05) is 32.5 Å². The van der Waals surface area contributed by atoms with E-state index < -0.39 is 18.1 Å². The first kappa shape index (κ1) is 19.7. The van der Waals surface area contributed by atoms with Crippen LogP contribution in [0.1, 0.15) is 70.6 Å². The van der Waals surface area contributed by atoms with E-state index in [9.17, 15) is 15.0 Å². The molecular formula is C22H37NO4. The van der Waals surface area contributed by atoms with E-state index in [4.69, 9.17) is 4.74 Å². The molecule has 0 aromatic carbocycles. The van der Waals surface area contributed by atoms with E-state index in [1.165, 1.54) is 57.8 Å². The van der Waals surface area contributed by atoms with E-state index in [1.54, 1.807) is 0 Å². The van der Waals surface area contributed by atoms with Crippen LogP contribution in [0, 0.1) is 23.7 Å². The van der Waals surface area contributed by atoms with Gasteiger partial charge in [-0.3, -0.25) is 4.79 Å². The topological polar surface area (TPSA) is 70.0 Å². The number of hydrogen-bond donors (Lipinski definition) is 2. The molecule has 4 rings (SSSR count). The van der Waals surface area contributed by atoms with Crippen LogP contribution in [0.25, 0.3) is 0 Å². The van der Waals surface area contributed by atoms with Crippen molar-refractivity contribution in [2.75, 3.05) is 19.7 Å². The second-order valence-electron chi connectivity index (χ2n) is 9.64. The summed E-state index contributed by atoms with van der Waals surface area (Å²) in [7, 11) is 0. The number of nitrogens with zero attached hydrogens (tertiary/aromatic N) is 1. The fourth-order valence-electron chi connectivity index (χ4n) is 6.09. The highest BCUT2D eigenvalue weighted by Crippen LogP contribution is 2.38. The molecule has 1 amide bonds. The molecule has 4 aliphatic rings. The molecule has 5 heteroatoms. The second kappa shape index (κ2) is 8.79. The number of fused-ring (bicyclic) bond motifs is 1. The van der Waals surface area contributed by atoms with Gasteiger partial charge in [-0.25, -0.2) is 0 Å². The number of amides is 1. The fraction of sp³-hybridized carbons (Fsp3) is 0.955. The molecule has 3 aliphatic carbocycles. The summed E-state index contributed by atoms with van der Waals surface area (Å²) < 4.78 is 6.21. The SMILES string of the molecule is O=C(C1C(O)CC(O)CC1OCC1CCCCC1)N1CC2CCCCC2C1. The van der Waals surface area contributed by atoms with E-state index in [-0.39, 0.29) is 12.0 Å². The summed E-state index contributed by atoms with van der Waals surface area (Å²) in [4.78, 5) is 15.3. The molecule has 5 nitrogen and oxygen atoms in total. The molecule has 0 aromatic rings. The number of aliphatic hydroxyl groups excluding tert-OH is 2. The van der Waals surface area contributed by atoms with Crippen LogP contribution in [0.5, 0.6) is 0 Å². The van der Waals surface area contributed by atoms with Crippen molar-refractivity contribution in [1.29, 1.82) is 0 Å². The highest BCUT2D eigenvalue weighted by atomic mass is 16.5. The van der Waals surface area contributed by atoms with Gasteiger partial charge < -0.3 is 19.8 Å². The monoisotopic (exact) mass is 379 g/mol. The number of likely N-dealkylation sites (tertiary alicyclic amines) is 1. The molecule has 154 valence electrons. The van der Waals surface area contributed by atoms with Crippen LogP contribution in [0.2, 0.25) is 0 Å². The lowest BCUT2D eigenvalue weighted by Gasteiger charge is -2.39. The average molecular weight is 380 g/mol. The maximum Gasteiger partial charge on any atom is 0.230 e. The first-order chi connectivity index (χ1) is 13.1. The van der Waals surface area contributed by atoms with Gasteiger partial charge in [-0.05, 0) is 43.4 Å². The van der Waals surface area contributed by atoms with E-state index in [2.05, 4.69) is 0 Å². The van der Waals surface area contributed by atoms with Gasteiger partial charge in [0.25, 0.3) is 0 Å². The van der Waals surface area contributed by atoms with Crippen LogP contribution >= 0.6 is 0 Å². The summed E-state index contributed by atoms with van der Waals surface area (Å²) in [6.45, 7) is 2.37. The molecule has 0 aromatic heterocycles. The minimum Gasteiger partial charge on any atom is -0.393 e.